The molecule has 3 aromatic rings. The number of nitrogens with two attached hydrogens (primary N) is 1. The van der Waals surface area contributed by atoms with Crippen LogP contribution >= 0.6 is 0 Å². The molecule has 0 aliphatic carbocycles. The highest BCUT2D eigenvalue weighted by Gasteiger charge is 2.14. The molecule has 0 unspecified atom stereocenters. The number of benzene rings is 1. The third-order valence-corrected chi connectivity index (χ3v) is 4.36. The molecule has 0 fully saturated rings. The number of nitrogens with zero attached hydrogens (tertiary/aromatic N) is 3. The standard InChI is InChI=1S/C20H26N6O4/c1-3-4-10-29-19-24-17(21)16-18(25-19)26(20(28)23-16)9-8-22-12-14-6-5-7-15(11-14)30-13(2)27/h5-7,11,22H,3-4,8-10,12H2,1-2H3,(H,23,28)(H2,21,24,25). The van der Waals surface area contributed by atoms with Crippen molar-refractivity contribution in [3.8, 4) is 11.8 Å². The zero-order chi connectivity index (χ0) is 21.5. The molecule has 0 aliphatic rings. The van der Waals surface area contributed by atoms with Gasteiger partial charge < -0.3 is 25.5 Å². The molecule has 0 atom stereocenters. The van der Waals surface area contributed by atoms with Crippen LogP contribution < -0.4 is 26.2 Å². The number of esters is 1. The first-order chi connectivity index (χ1) is 14.5. The molecular weight excluding hydrogens is 388 g/mol. The van der Waals surface area contributed by atoms with Crippen LogP contribution in [0.25, 0.3) is 11.2 Å². The van der Waals surface area contributed by atoms with Gasteiger partial charge >= 0.3 is 17.7 Å². The van der Waals surface area contributed by atoms with Crippen LogP contribution in [0.15, 0.2) is 29.1 Å². The average molecular weight is 414 g/mol. The van der Waals surface area contributed by atoms with Gasteiger partial charge in [-0.1, -0.05) is 25.5 Å². The van der Waals surface area contributed by atoms with E-state index in [-0.39, 0.29) is 23.5 Å². The molecule has 10 nitrogen and oxygen atoms in total. The summed E-state index contributed by atoms with van der Waals surface area (Å²) in [4.78, 5) is 34.6. The molecule has 2 heterocycles. The Bertz CT molecular complexity index is 1070. The van der Waals surface area contributed by atoms with E-state index in [0.29, 0.717) is 43.2 Å². The van der Waals surface area contributed by atoms with Gasteiger partial charge in [0.25, 0.3) is 0 Å². The highest BCUT2D eigenvalue weighted by Crippen LogP contribution is 2.18. The molecule has 0 amide bonds. The maximum Gasteiger partial charge on any atom is 0.327 e. The zero-order valence-corrected chi connectivity index (χ0v) is 17.1. The lowest BCUT2D eigenvalue weighted by atomic mass is 10.2. The van der Waals surface area contributed by atoms with Crippen molar-refractivity contribution in [1.82, 2.24) is 24.8 Å². The Balaban J connectivity index is 1.65. The molecular formula is C20H26N6O4. The van der Waals surface area contributed by atoms with Gasteiger partial charge in [0.05, 0.1) is 6.61 Å². The van der Waals surface area contributed by atoms with E-state index in [1.807, 2.05) is 12.1 Å². The topological polar surface area (TPSA) is 137 Å². The number of ether oxygens (including phenoxy) is 2. The highest BCUT2D eigenvalue weighted by atomic mass is 16.5. The van der Waals surface area contributed by atoms with Crippen molar-refractivity contribution < 1.29 is 14.3 Å². The lowest BCUT2D eigenvalue weighted by Crippen LogP contribution is -2.25. The Morgan fingerprint density at radius 1 is 1.33 bits per heavy atom. The number of H-pyrrole nitrogens is 1. The third kappa shape index (κ3) is 5.35. The molecule has 1 aromatic carbocycles. The average Bonchev–Trinajstić information content (AvgIpc) is 3.01. The fraction of sp³-hybridized carbons (Fsp3) is 0.400. The number of aromatic amines is 1. The van der Waals surface area contributed by atoms with Gasteiger partial charge in [0, 0.05) is 26.6 Å². The lowest BCUT2D eigenvalue weighted by Gasteiger charge is -2.08. The second kappa shape index (κ2) is 9.88. The first kappa shape index (κ1) is 21.3. The summed E-state index contributed by atoms with van der Waals surface area (Å²) in [5.41, 5.74) is 7.42. The molecule has 2 aromatic heterocycles. The van der Waals surface area contributed by atoms with Crippen LogP contribution in [-0.4, -0.2) is 38.6 Å². The van der Waals surface area contributed by atoms with Crippen LogP contribution in [-0.2, 0) is 17.9 Å². The minimum Gasteiger partial charge on any atom is -0.463 e. The fourth-order valence-corrected chi connectivity index (χ4v) is 2.92. The minimum absolute atomic E-state index is 0.163. The number of rotatable bonds is 10. The zero-order valence-electron chi connectivity index (χ0n) is 17.1. The van der Waals surface area contributed by atoms with Crippen molar-refractivity contribution in [1.29, 1.82) is 0 Å². The number of anilines is 1. The largest absolute Gasteiger partial charge is 0.463 e. The van der Waals surface area contributed by atoms with Crippen molar-refractivity contribution in [2.24, 2.45) is 0 Å². The van der Waals surface area contributed by atoms with Gasteiger partial charge in [0.15, 0.2) is 11.5 Å². The van der Waals surface area contributed by atoms with E-state index in [4.69, 9.17) is 15.2 Å². The summed E-state index contributed by atoms with van der Waals surface area (Å²) in [5.74, 6) is 0.313. The number of aromatic nitrogens is 4. The quantitative estimate of drug-likeness (QED) is 0.258. The van der Waals surface area contributed by atoms with Crippen molar-refractivity contribution in [3.05, 3.63) is 40.3 Å². The number of nitrogens with one attached hydrogen (secondary N) is 2. The predicted molar refractivity (Wildman–Crippen MR) is 112 cm³/mol. The van der Waals surface area contributed by atoms with Crippen molar-refractivity contribution >= 4 is 23.0 Å². The highest BCUT2D eigenvalue weighted by molar-refractivity contribution is 5.81. The van der Waals surface area contributed by atoms with Gasteiger partial charge in [-0.05, 0) is 24.1 Å². The van der Waals surface area contributed by atoms with E-state index in [1.165, 1.54) is 11.5 Å². The molecule has 0 aliphatic heterocycles. The summed E-state index contributed by atoms with van der Waals surface area (Å²) in [6, 6.07) is 7.42. The SMILES string of the molecule is CCCCOc1nc(N)c2[nH]c(=O)n(CCNCc3cccc(OC(C)=O)c3)c2n1. The second-order valence-electron chi connectivity index (χ2n) is 6.79. The molecule has 0 radical (unpaired) electrons. The summed E-state index contributed by atoms with van der Waals surface area (Å²) < 4.78 is 12.1. The van der Waals surface area contributed by atoms with Crippen LogP contribution in [0.1, 0.15) is 32.3 Å². The number of imidazole rings is 1. The number of unbranched alkanes of at least 4 members (excludes halogenated alkanes) is 1. The van der Waals surface area contributed by atoms with Gasteiger partial charge in [-0.3, -0.25) is 9.36 Å². The summed E-state index contributed by atoms with van der Waals surface area (Å²) in [6.07, 6.45) is 1.87. The van der Waals surface area contributed by atoms with Crippen molar-refractivity contribution in [3.63, 3.8) is 0 Å². The summed E-state index contributed by atoms with van der Waals surface area (Å²) >= 11 is 0. The molecule has 0 saturated heterocycles. The molecule has 4 N–H and O–H groups in total. The van der Waals surface area contributed by atoms with Gasteiger partial charge in [0.2, 0.25) is 0 Å². The van der Waals surface area contributed by atoms with Crippen molar-refractivity contribution in [2.45, 2.75) is 39.8 Å². The lowest BCUT2D eigenvalue weighted by molar-refractivity contribution is -0.131. The Morgan fingerprint density at radius 2 is 2.17 bits per heavy atom. The molecule has 0 saturated carbocycles. The second-order valence-corrected chi connectivity index (χ2v) is 6.79. The van der Waals surface area contributed by atoms with Gasteiger partial charge in [0.1, 0.15) is 11.3 Å². The fourth-order valence-electron chi connectivity index (χ4n) is 2.92. The molecule has 0 bridgehead atoms. The predicted octanol–water partition coefficient (Wildman–Crippen LogP) is 1.60. The van der Waals surface area contributed by atoms with E-state index in [9.17, 15) is 9.59 Å². The number of fused-ring (bicyclic) bond motifs is 1. The number of carbonyl (C=O) groups is 1. The summed E-state index contributed by atoms with van der Waals surface area (Å²) in [5, 5.41) is 3.26. The minimum atomic E-state index is -0.363. The maximum atomic E-state index is 12.3. The van der Waals surface area contributed by atoms with E-state index in [2.05, 4.69) is 27.2 Å². The third-order valence-electron chi connectivity index (χ3n) is 4.36. The van der Waals surface area contributed by atoms with E-state index < -0.39 is 0 Å². The van der Waals surface area contributed by atoms with Gasteiger partial charge in [-0.15, -0.1) is 0 Å². The molecule has 160 valence electrons. The monoisotopic (exact) mass is 414 g/mol. The Hall–Kier alpha value is -3.40. The number of carbonyl (C=O) groups excluding carboxylic acids is 1. The number of nitrogen functional groups attached to an aromatic ring is 1. The molecule has 10 heteroatoms. The molecule has 30 heavy (non-hydrogen) atoms. The normalized spacial score (nSPS) is 11.0. The maximum absolute atomic E-state index is 12.3. The van der Waals surface area contributed by atoms with Crippen LogP contribution in [0.5, 0.6) is 11.8 Å². The smallest absolute Gasteiger partial charge is 0.327 e. The van der Waals surface area contributed by atoms with Crippen LogP contribution in [0.4, 0.5) is 5.82 Å². The van der Waals surface area contributed by atoms with Crippen LogP contribution in [0.3, 0.4) is 0 Å². The van der Waals surface area contributed by atoms with E-state index >= 15 is 0 Å². The van der Waals surface area contributed by atoms with E-state index in [0.717, 1.165) is 18.4 Å². The van der Waals surface area contributed by atoms with Crippen LogP contribution in [0.2, 0.25) is 0 Å². The van der Waals surface area contributed by atoms with Gasteiger partial charge in [-0.25, -0.2) is 4.79 Å². The Morgan fingerprint density at radius 3 is 2.93 bits per heavy atom. The van der Waals surface area contributed by atoms with Crippen LogP contribution in [0, 0.1) is 0 Å². The first-order valence-electron chi connectivity index (χ1n) is 9.84. The first-order valence-corrected chi connectivity index (χ1v) is 9.84. The molecule has 0 spiro atoms. The van der Waals surface area contributed by atoms with E-state index in [1.54, 1.807) is 12.1 Å². The molecule has 3 rings (SSSR count). The Labute approximate surface area is 173 Å². The number of hydrogen-bond acceptors (Lipinski definition) is 8. The summed E-state index contributed by atoms with van der Waals surface area (Å²) in [6.45, 7) is 5.36. The summed E-state index contributed by atoms with van der Waals surface area (Å²) in [7, 11) is 0. The Kier molecular flexibility index (Phi) is 7.02. The van der Waals surface area contributed by atoms with Gasteiger partial charge in [-0.2, -0.15) is 9.97 Å². The number of hydrogen-bond donors (Lipinski definition) is 3. The van der Waals surface area contributed by atoms with Crippen molar-refractivity contribution in [2.75, 3.05) is 18.9 Å².